The van der Waals surface area contributed by atoms with Gasteiger partial charge in [-0.05, 0) is 6.07 Å². The Morgan fingerprint density at radius 2 is 2.21 bits per heavy atom. The molecule has 2 aromatic rings. The lowest BCUT2D eigenvalue weighted by Gasteiger charge is -2.22. The molecule has 8 nitrogen and oxygen atoms in total. The van der Waals surface area contributed by atoms with Gasteiger partial charge >= 0.3 is 0 Å². The van der Waals surface area contributed by atoms with Gasteiger partial charge in [-0.15, -0.1) is 0 Å². The highest BCUT2D eigenvalue weighted by Gasteiger charge is 2.25. The van der Waals surface area contributed by atoms with Crippen LogP contribution in [0.1, 0.15) is 0 Å². The number of anilines is 1. The van der Waals surface area contributed by atoms with Gasteiger partial charge in [0.15, 0.2) is 0 Å². The highest BCUT2D eigenvalue weighted by molar-refractivity contribution is 5.65. The Balaban J connectivity index is 0.00000208. The van der Waals surface area contributed by atoms with Gasteiger partial charge in [-0.25, -0.2) is 9.13 Å². The summed E-state index contributed by atoms with van der Waals surface area (Å²) in [6.45, 7) is 1.27. The maximum Gasteiger partial charge on any atom is 0.292 e. The van der Waals surface area contributed by atoms with Gasteiger partial charge in [-0.2, -0.15) is 0 Å². The van der Waals surface area contributed by atoms with Gasteiger partial charge in [0.05, 0.1) is 18.5 Å². The average Bonchev–Trinajstić information content (AvgIpc) is 3.20. The maximum atomic E-state index is 11.3. The van der Waals surface area contributed by atoms with E-state index < -0.39 is 4.92 Å². The van der Waals surface area contributed by atoms with Crippen LogP contribution >= 0.6 is 0 Å². The van der Waals surface area contributed by atoms with Crippen LogP contribution in [0.15, 0.2) is 55.1 Å². The highest BCUT2D eigenvalue weighted by atomic mass is 35.5. The molecule has 0 radical (unpaired) electrons. The zero-order chi connectivity index (χ0) is 16.2. The smallest absolute Gasteiger partial charge is 0.292 e. The first-order valence-corrected chi connectivity index (χ1v) is 7.11. The number of aryl methyl sites for hydroxylation is 1. The van der Waals surface area contributed by atoms with E-state index in [1.807, 2.05) is 34.9 Å². The number of imidazole rings is 1. The fourth-order valence-electron chi connectivity index (χ4n) is 2.42. The molecular weight excluding hydrogens is 336 g/mol. The van der Waals surface area contributed by atoms with Crippen molar-refractivity contribution in [2.45, 2.75) is 6.54 Å². The van der Waals surface area contributed by atoms with Crippen molar-refractivity contribution in [1.82, 2.24) is 4.57 Å². The van der Waals surface area contributed by atoms with Gasteiger partial charge in [-0.1, -0.05) is 12.1 Å². The molecule has 0 bridgehead atoms. The molecule has 0 aliphatic carbocycles. The molecule has 1 aromatic carbocycles. The van der Waals surface area contributed by atoms with E-state index in [9.17, 15) is 10.1 Å². The van der Waals surface area contributed by atoms with E-state index in [1.165, 1.54) is 12.3 Å². The van der Waals surface area contributed by atoms with Crippen molar-refractivity contribution in [2.24, 2.45) is 7.05 Å². The van der Waals surface area contributed by atoms with Gasteiger partial charge in [0.1, 0.15) is 30.9 Å². The molecule has 0 fully saturated rings. The molecule has 0 spiro atoms. The second-order valence-electron chi connectivity index (χ2n) is 5.10. The number of para-hydroxylation sites is 2. The zero-order valence-electron chi connectivity index (χ0n) is 13.0. The third kappa shape index (κ3) is 3.77. The Hall–Kier alpha value is -2.74. The van der Waals surface area contributed by atoms with Crippen molar-refractivity contribution in [3.8, 4) is 0 Å². The third-order valence-electron chi connectivity index (χ3n) is 3.50. The number of benzene rings is 1. The molecule has 24 heavy (non-hydrogen) atoms. The number of nitrogens with zero attached hydrogens (tertiary/aromatic N) is 4. The summed E-state index contributed by atoms with van der Waals surface area (Å²) >= 11 is 0. The molecule has 0 unspecified atom stereocenters. The Morgan fingerprint density at radius 1 is 1.42 bits per heavy atom. The Labute approximate surface area is 145 Å². The largest absolute Gasteiger partial charge is 1.00 e. The number of hydrogen-bond acceptors (Lipinski definition) is 5. The van der Waals surface area contributed by atoms with Crippen LogP contribution in [-0.4, -0.2) is 22.8 Å². The molecule has 1 aliphatic rings. The molecule has 0 N–H and O–H groups in total. The maximum absolute atomic E-state index is 11.3. The van der Waals surface area contributed by atoms with Crippen molar-refractivity contribution in [2.75, 3.05) is 18.2 Å². The molecule has 0 saturated heterocycles. The Kier molecular flexibility index (Phi) is 5.64. The molecule has 2 heterocycles. The van der Waals surface area contributed by atoms with Crippen LogP contribution in [-0.2, 0) is 23.1 Å². The predicted octanol–water partition coefficient (Wildman–Crippen LogP) is -1.47. The van der Waals surface area contributed by atoms with E-state index >= 15 is 0 Å². The van der Waals surface area contributed by atoms with Crippen molar-refractivity contribution in [1.29, 1.82) is 0 Å². The van der Waals surface area contributed by atoms with Crippen LogP contribution in [0.25, 0.3) is 0 Å². The minimum Gasteiger partial charge on any atom is -1.00 e. The van der Waals surface area contributed by atoms with Crippen LogP contribution < -0.4 is 21.9 Å². The van der Waals surface area contributed by atoms with E-state index in [0.29, 0.717) is 24.7 Å². The number of halogens is 1. The van der Waals surface area contributed by atoms with Crippen LogP contribution in [0, 0.1) is 10.1 Å². The zero-order valence-corrected chi connectivity index (χ0v) is 13.8. The van der Waals surface area contributed by atoms with Gasteiger partial charge < -0.3 is 26.8 Å². The first kappa shape index (κ1) is 17.6. The molecule has 0 atom stereocenters. The van der Waals surface area contributed by atoms with E-state index in [2.05, 4.69) is 0 Å². The lowest BCUT2D eigenvalue weighted by molar-refractivity contribution is -0.671. The van der Waals surface area contributed by atoms with Crippen LogP contribution in [0.5, 0.6) is 0 Å². The van der Waals surface area contributed by atoms with E-state index in [0.717, 1.165) is 0 Å². The van der Waals surface area contributed by atoms with Gasteiger partial charge in [0.2, 0.25) is 19.0 Å². The number of hydrogen-bond donors (Lipinski definition) is 0. The monoisotopic (exact) mass is 352 g/mol. The molecule has 9 heteroatoms. The minimum absolute atomic E-state index is 0. The summed E-state index contributed by atoms with van der Waals surface area (Å²) < 4.78 is 14.5. The topological polar surface area (TPSA) is 73.7 Å². The number of nitro groups is 1. The first-order valence-electron chi connectivity index (χ1n) is 7.11. The van der Waals surface area contributed by atoms with Gasteiger partial charge in [0, 0.05) is 6.07 Å². The molecular formula is C15H17ClN4O4. The fraction of sp³-hybridized carbons (Fsp3) is 0.267. The second-order valence-corrected chi connectivity index (χ2v) is 5.10. The van der Waals surface area contributed by atoms with E-state index in [-0.39, 0.29) is 24.9 Å². The summed E-state index contributed by atoms with van der Waals surface area (Å²) in [4.78, 5) is 12.7. The number of ether oxygens (including phenoxy) is 2. The Morgan fingerprint density at radius 3 is 2.83 bits per heavy atom. The summed E-state index contributed by atoms with van der Waals surface area (Å²) in [7, 11) is 1.94. The van der Waals surface area contributed by atoms with E-state index in [4.69, 9.17) is 9.47 Å². The highest BCUT2D eigenvalue weighted by Crippen LogP contribution is 2.31. The average molecular weight is 353 g/mol. The molecule has 0 amide bonds. The van der Waals surface area contributed by atoms with Crippen LogP contribution in [0.4, 0.5) is 11.4 Å². The lowest BCUT2D eigenvalue weighted by atomic mass is 10.2. The van der Waals surface area contributed by atoms with Crippen molar-refractivity contribution in [3.63, 3.8) is 0 Å². The van der Waals surface area contributed by atoms with Gasteiger partial charge in [-0.3, -0.25) is 10.1 Å². The summed E-state index contributed by atoms with van der Waals surface area (Å²) in [5.74, 6) is 0.468. The Bertz CT molecular complexity index is 747. The summed E-state index contributed by atoms with van der Waals surface area (Å²) in [5, 5.41) is 11.3. The first-order chi connectivity index (χ1) is 11.1. The normalized spacial score (nSPS) is 12.6. The molecule has 1 aromatic heterocycles. The standard InChI is InChI=1S/C15H17N4O4.ClH/c1-16-6-7-17(11-16)8-9-18(15-10-22-12-23-15)13-4-2-3-5-14(13)19(20)21;/h2-7,10-11H,8-9,12H2,1H3;1H/q+1;/p-1. The minimum atomic E-state index is -0.394. The summed E-state index contributed by atoms with van der Waals surface area (Å²) in [6, 6.07) is 6.60. The molecule has 0 saturated carbocycles. The number of aromatic nitrogens is 2. The number of rotatable bonds is 6. The fourth-order valence-corrected chi connectivity index (χ4v) is 2.42. The lowest BCUT2D eigenvalue weighted by Crippen LogP contribution is -3.00. The summed E-state index contributed by atoms with van der Waals surface area (Å²) in [6.07, 6.45) is 7.30. The molecule has 1 aliphatic heterocycles. The van der Waals surface area contributed by atoms with Crippen molar-refractivity contribution in [3.05, 3.63) is 65.2 Å². The quantitative estimate of drug-likeness (QED) is 0.361. The SMILES string of the molecule is C[n+]1ccn(CCN(C2=COCO2)c2ccccc2[N+](=O)[O-])c1.[Cl-]. The molecule has 128 valence electrons. The van der Waals surface area contributed by atoms with Gasteiger partial charge in [0.25, 0.3) is 5.69 Å². The molecule has 3 rings (SSSR count). The van der Waals surface area contributed by atoms with Crippen LogP contribution in [0.3, 0.4) is 0 Å². The predicted molar refractivity (Wildman–Crippen MR) is 81.2 cm³/mol. The van der Waals surface area contributed by atoms with Crippen molar-refractivity contribution >= 4 is 11.4 Å². The summed E-state index contributed by atoms with van der Waals surface area (Å²) in [5.41, 5.74) is 0.507. The number of nitro benzene ring substituents is 1. The van der Waals surface area contributed by atoms with Crippen LogP contribution in [0.2, 0.25) is 0 Å². The second kappa shape index (κ2) is 7.69. The van der Waals surface area contributed by atoms with E-state index in [1.54, 1.807) is 23.1 Å². The van der Waals surface area contributed by atoms with Crippen molar-refractivity contribution < 1.29 is 31.4 Å². The third-order valence-corrected chi connectivity index (χ3v) is 3.50.